The van der Waals surface area contributed by atoms with Gasteiger partial charge in [-0.15, -0.1) is 0 Å². The van der Waals surface area contributed by atoms with Gasteiger partial charge in [0.15, 0.2) is 0 Å². The zero-order chi connectivity index (χ0) is 21.2. The third-order valence-corrected chi connectivity index (χ3v) is 9.56. The summed E-state index contributed by atoms with van der Waals surface area (Å²) in [6, 6.07) is 0.443. The molecular formula is C27H50N2. The van der Waals surface area contributed by atoms with E-state index in [0.29, 0.717) is 11.5 Å². The molecule has 0 radical (unpaired) electrons. The van der Waals surface area contributed by atoms with Crippen LogP contribution in [0.25, 0.3) is 0 Å². The second-order valence-corrected chi connectivity index (χ2v) is 11.6. The van der Waals surface area contributed by atoms with Crippen molar-refractivity contribution < 1.29 is 0 Å². The zero-order valence-corrected chi connectivity index (χ0v) is 20.2. The van der Waals surface area contributed by atoms with Gasteiger partial charge in [0, 0.05) is 6.04 Å². The zero-order valence-electron chi connectivity index (χ0n) is 20.2. The van der Waals surface area contributed by atoms with Crippen molar-refractivity contribution in [3.8, 4) is 0 Å². The van der Waals surface area contributed by atoms with E-state index >= 15 is 0 Å². The Hall–Kier alpha value is -0.340. The molecular weight excluding hydrogens is 352 g/mol. The Bertz CT molecular complexity index is 565. The Morgan fingerprint density at radius 2 is 1.79 bits per heavy atom. The highest BCUT2D eigenvalue weighted by Crippen LogP contribution is 2.64. The van der Waals surface area contributed by atoms with E-state index in [9.17, 15) is 0 Å². The molecule has 2 fully saturated rings. The minimum Gasteiger partial charge on any atom is -0.333 e. The molecule has 7 unspecified atom stereocenters. The van der Waals surface area contributed by atoms with E-state index in [1.165, 1.54) is 84.1 Å². The first-order chi connectivity index (χ1) is 13.9. The molecule has 0 saturated heterocycles. The fraction of sp³-hybridized carbons (Fsp3) is 0.926. The maximum absolute atomic E-state index is 6.34. The van der Waals surface area contributed by atoms with E-state index in [1.807, 2.05) is 11.1 Å². The predicted octanol–water partition coefficient (Wildman–Crippen LogP) is 6.68. The highest BCUT2D eigenvalue weighted by atomic mass is 14.7. The van der Waals surface area contributed by atoms with Crippen LogP contribution in [0.2, 0.25) is 0 Å². The van der Waals surface area contributed by atoms with Crippen LogP contribution >= 0.6 is 0 Å². The third kappa shape index (κ3) is 4.64. The summed E-state index contributed by atoms with van der Waals surface area (Å²) in [7, 11) is 1.50. The monoisotopic (exact) mass is 402 g/mol. The summed E-state index contributed by atoms with van der Waals surface area (Å²) >= 11 is 0. The first-order valence-electron chi connectivity index (χ1n) is 12.9. The molecule has 0 heterocycles. The number of fused-ring (bicyclic) bond motifs is 4. The Morgan fingerprint density at radius 1 is 1.03 bits per heavy atom. The van der Waals surface area contributed by atoms with Crippen LogP contribution in [-0.4, -0.2) is 13.1 Å². The third-order valence-electron chi connectivity index (χ3n) is 9.56. The Morgan fingerprint density at radius 3 is 2.52 bits per heavy atom. The first-order valence-corrected chi connectivity index (χ1v) is 12.9. The van der Waals surface area contributed by atoms with E-state index in [2.05, 4.69) is 33.4 Å². The molecule has 0 aromatic rings. The lowest BCUT2D eigenvalue weighted by molar-refractivity contribution is 0.00355. The van der Waals surface area contributed by atoms with Gasteiger partial charge in [-0.1, -0.05) is 58.1 Å². The number of nitrogens with two attached hydrogens (primary N) is 2. The molecule has 4 aliphatic carbocycles. The highest BCUT2D eigenvalue weighted by molar-refractivity contribution is 5.29. The van der Waals surface area contributed by atoms with Crippen LogP contribution < -0.4 is 11.5 Å². The van der Waals surface area contributed by atoms with E-state index in [-0.39, 0.29) is 0 Å². The molecule has 4 rings (SSSR count). The summed E-state index contributed by atoms with van der Waals surface area (Å²) in [4.78, 5) is 0. The minimum absolute atomic E-state index is 0.443. The van der Waals surface area contributed by atoms with Gasteiger partial charge >= 0.3 is 0 Å². The van der Waals surface area contributed by atoms with Crippen LogP contribution in [-0.2, 0) is 0 Å². The standard InChI is InChI=1S/C26H45N.CH5N/c1-17(2)7-5-6-8-19-9-12-25-24-15-18(3)23-16-20(27)10-11-21(23)22(24)13-14-26(19,25)4;1-2/h17-20,22,24-25H,5-16,27H2,1-4H3;2H2,1H3. The van der Waals surface area contributed by atoms with Crippen molar-refractivity contribution in [2.24, 2.45) is 52.4 Å². The first kappa shape index (κ1) is 23.3. The normalized spacial score (nSPS) is 41.4. The summed E-state index contributed by atoms with van der Waals surface area (Å²) in [6.07, 6.45) is 17.2. The van der Waals surface area contributed by atoms with Crippen molar-refractivity contribution in [3.63, 3.8) is 0 Å². The van der Waals surface area contributed by atoms with Crippen molar-refractivity contribution in [2.75, 3.05) is 7.05 Å². The Labute approximate surface area is 181 Å². The van der Waals surface area contributed by atoms with E-state index in [0.717, 1.165) is 35.5 Å². The number of hydrogen-bond donors (Lipinski definition) is 2. The van der Waals surface area contributed by atoms with Gasteiger partial charge < -0.3 is 11.5 Å². The SMILES string of the molecule is CC(C)CCCCC1CCC2C3CC(C)C4=C(CCC(N)C4)C3CCC12C.CN. The Balaban J connectivity index is 0.00000117. The fourth-order valence-electron chi connectivity index (χ4n) is 8.08. The van der Waals surface area contributed by atoms with Crippen LogP contribution in [0.5, 0.6) is 0 Å². The number of allylic oxidation sites excluding steroid dienone is 1. The topological polar surface area (TPSA) is 52.0 Å². The molecule has 0 aromatic heterocycles. The molecule has 29 heavy (non-hydrogen) atoms. The lowest BCUT2D eigenvalue weighted by atomic mass is 9.51. The van der Waals surface area contributed by atoms with Gasteiger partial charge in [-0.2, -0.15) is 0 Å². The average Bonchev–Trinajstić information content (AvgIpc) is 3.04. The molecule has 0 bridgehead atoms. The van der Waals surface area contributed by atoms with E-state index < -0.39 is 0 Å². The molecule has 168 valence electrons. The summed E-state index contributed by atoms with van der Waals surface area (Å²) in [6.45, 7) is 9.98. The quantitative estimate of drug-likeness (QED) is 0.398. The van der Waals surface area contributed by atoms with Crippen LogP contribution in [0, 0.1) is 40.9 Å². The van der Waals surface area contributed by atoms with Gasteiger partial charge in [-0.25, -0.2) is 0 Å². The number of unbranched alkanes of at least 4 members (excludes halogenated alkanes) is 1. The van der Waals surface area contributed by atoms with Gasteiger partial charge in [0.25, 0.3) is 0 Å². The van der Waals surface area contributed by atoms with Crippen LogP contribution in [0.1, 0.15) is 105 Å². The molecule has 4 N–H and O–H groups in total. The summed E-state index contributed by atoms with van der Waals surface area (Å²) < 4.78 is 0. The van der Waals surface area contributed by atoms with Crippen molar-refractivity contribution in [1.29, 1.82) is 0 Å². The van der Waals surface area contributed by atoms with Crippen molar-refractivity contribution in [2.45, 2.75) is 111 Å². The van der Waals surface area contributed by atoms with Crippen molar-refractivity contribution in [3.05, 3.63) is 11.1 Å². The molecule has 4 aliphatic rings. The largest absolute Gasteiger partial charge is 0.333 e. The van der Waals surface area contributed by atoms with E-state index in [4.69, 9.17) is 5.73 Å². The maximum Gasteiger partial charge on any atom is 0.00793 e. The molecule has 7 atom stereocenters. The molecule has 2 nitrogen and oxygen atoms in total. The fourth-order valence-corrected chi connectivity index (χ4v) is 8.08. The molecule has 0 amide bonds. The second kappa shape index (κ2) is 9.86. The van der Waals surface area contributed by atoms with Crippen LogP contribution in [0.4, 0.5) is 0 Å². The van der Waals surface area contributed by atoms with Crippen LogP contribution in [0.3, 0.4) is 0 Å². The lowest BCUT2D eigenvalue weighted by Gasteiger charge is -2.54. The number of hydrogen-bond acceptors (Lipinski definition) is 2. The predicted molar refractivity (Wildman–Crippen MR) is 127 cm³/mol. The average molecular weight is 403 g/mol. The highest BCUT2D eigenvalue weighted by Gasteiger charge is 2.55. The van der Waals surface area contributed by atoms with E-state index in [1.54, 1.807) is 0 Å². The van der Waals surface area contributed by atoms with Gasteiger partial charge in [0.05, 0.1) is 0 Å². The number of rotatable bonds is 5. The molecule has 0 spiro atoms. The van der Waals surface area contributed by atoms with Gasteiger partial charge in [0.2, 0.25) is 0 Å². The summed E-state index contributed by atoms with van der Waals surface area (Å²) in [5, 5.41) is 0. The van der Waals surface area contributed by atoms with Gasteiger partial charge in [0.1, 0.15) is 0 Å². The smallest absolute Gasteiger partial charge is 0.00793 e. The minimum atomic E-state index is 0.443. The molecule has 2 heteroatoms. The van der Waals surface area contributed by atoms with Crippen LogP contribution in [0.15, 0.2) is 11.1 Å². The summed E-state index contributed by atoms with van der Waals surface area (Å²) in [5.41, 5.74) is 15.2. The maximum atomic E-state index is 6.34. The second-order valence-electron chi connectivity index (χ2n) is 11.6. The molecule has 0 aromatic carbocycles. The van der Waals surface area contributed by atoms with Gasteiger partial charge in [-0.05, 0) is 106 Å². The molecule has 2 saturated carbocycles. The van der Waals surface area contributed by atoms with Crippen molar-refractivity contribution in [1.82, 2.24) is 0 Å². The van der Waals surface area contributed by atoms with Crippen molar-refractivity contribution >= 4 is 0 Å². The summed E-state index contributed by atoms with van der Waals surface area (Å²) in [5.74, 6) is 5.63. The molecule has 0 aliphatic heterocycles. The lowest BCUT2D eigenvalue weighted by Crippen LogP contribution is -2.45. The Kier molecular flexibility index (Phi) is 7.93. The van der Waals surface area contributed by atoms with Gasteiger partial charge in [-0.3, -0.25) is 0 Å².